The molecule has 150 valence electrons. The van der Waals surface area contributed by atoms with Gasteiger partial charge in [-0.1, -0.05) is 42.1 Å². The molecule has 2 aromatic carbocycles. The Balaban J connectivity index is 1.53. The molecule has 0 unspecified atom stereocenters. The number of carbonyl (C=O) groups is 1. The van der Waals surface area contributed by atoms with Crippen molar-refractivity contribution in [1.29, 1.82) is 0 Å². The summed E-state index contributed by atoms with van der Waals surface area (Å²) in [5.74, 6) is -0.176. The van der Waals surface area contributed by atoms with Crippen molar-refractivity contribution in [1.82, 2.24) is 14.5 Å². The monoisotopic (exact) mass is 408 g/mol. The largest absolute Gasteiger partial charge is 0.379 e. The molecule has 6 nitrogen and oxygen atoms in total. The van der Waals surface area contributed by atoms with Gasteiger partial charge in [-0.15, -0.1) is 0 Å². The summed E-state index contributed by atoms with van der Waals surface area (Å²) in [6.07, 6.45) is 3.59. The van der Waals surface area contributed by atoms with E-state index in [0.717, 1.165) is 49.4 Å². The second-order valence-electron chi connectivity index (χ2n) is 6.84. The predicted molar refractivity (Wildman–Crippen MR) is 116 cm³/mol. The highest BCUT2D eigenvalue weighted by atomic mass is 32.2. The number of thioether (sulfide) groups is 1. The zero-order valence-electron chi connectivity index (χ0n) is 16.4. The lowest BCUT2D eigenvalue weighted by molar-refractivity contribution is 0.0342. The predicted octanol–water partition coefficient (Wildman–Crippen LogP) is 3.68. The SMILES string of the molecule is CSc1ncc(C(=O)Nc2cccc(CN3CCOCC3)c2)n1-c1ccccc1. The fourth-order valence-corrected chi connectivity index (χ4v) is 3.97. The third-order valence-corrected chi connectivity index (χ3v) is 5.51. The lowest BCUT2D eigenvalue weighted by Crippen LogP contribution is -2.35. The first kappa shape index (κ1) is 19.7. The van der Waals surface area contributed by atoms with Gasteiger partial charge in [-0.2, -0.15) is 0 Å². The number of imidazole rings is 1. The van der Waals surface area contributed by atoms with E-state index in [1.165, 1.54) is 17.3 Å². The lowest BCUT2D eigenvalue weighted by atomic mass is 10.1. The number of amides is 1. The standard InChI is InChI=1S/C22H24N4O2S/c1-29-22-23-15-20(26(22)19-8-3-2-4-9-19)21(27)24-18-7-5-6-17(14-18)16-25-10-12-28-13-11-25/h2-9,14-15H,10-13,16H2,1H3,(H,24,27). The normalized spacial score (nSPS) is 14.7. The number of ether oxygens (including phenoxy) is 1. The second kappa shape index (κ2) is 9.26. The number of hydrogen-bond acceptors (Lipinski definition) is 5. The van der Waals surface area contributed by atoms with Crippen molar-refractivity contribution >= 4 is 23.4 Å². The number of morpholine rings is 1. The van der Waals surface area contributed by atoms with Crippen LogP contribution in [0.5, 0.6) is 0 Å². The van der Waals surface area contributed by atoms with Gasteiger partial charge in [0.05, 0.1) is 19.4 Å². The smallest absolute Gasteiger partial charge is 0.274 e. The van der Waals surface area contributed by atoms with E-state index < -0.39 is 0 Å². The van der Waals surface area contributed by atoms with E-state index in [4.69, 9.17) is 4.74 Å². The first-order valence-electron chi connectivity index (χ1n) is 9.62. The molecule has 7 heteroatoms. The molecule has 1 aliphatic rings. The van der Waals surface area contributed by atoms with E-state index in [-0.39, 0.29) is 5.91 Å². The number of anilines is 1. The van der Waals surface area contributed by atoms with Crippen molar-refractivity contribution in [2.45, 2.75) is 11.7 Å². The molecule has 1 amide bonds. The quantitative estimate of drug-likeness (QED) is 0.631. The zero-order chi connectivity index (χ0) is 20.1. The van der Waals surface area contributed by atoms with Gasteiger partial charge in [0.15, 0.2) is 5.16 Å². The van der Waals surface area contributed by atoms with Crippen LogP contribution in [0.1, 0.15) is 16.1 Å². The number of rotatable bonds is 6. The summed E-state index contributed by atoms with van der Waals surface area (Å²) < 4.78 is 7.30. The van der Waals surface area contributed by atoms with Crippen LogP contribution in [0.15, 0.2) is 66.0 Å². The molecule has 4 rings (SSSR count). The summed E-state index contributed by atoms with van der Waals surface area (Å²) in [6, 6.07) is 17.8. The molecule has 1 aliphatic heterocycles. The minimum Gasteiger partial charge on any atom is -0.379 e. The Morgan fingerprint density at radius 3 is 2.69 bits per heavy atom. The number of carbonyl (C=O) groups excluding carboxylic acids is 1. The van der Waals surface area contributed by atoms with E-state index in [0.29, 0.717) is 5.69 Å². The molecular weight excluding hydrogens is 384 g/mol. The molecule has 1 saturated heterocycles. The third-order valence-electron chi connectivity index (χ3n) is 4.85. The fourth-order valence-electron chi connectivity index (χ4n) is 3.43. The van der Waals surface area contributed by atoms with Gasteiger partial charge in [-0.3, -0.25) is 14.3 Å². The van der Waals surface area contributed by atoms with Crippen LogP contribution in [0.4, 0.5) is 5.69 Å². The fraction of sp³-hybridized carbons (Fsp3) is 0.273. The maximum Gasteiger partial charge on any atom is 0.274 e. The summed E-state index contributed by atoms with van der Waals surface area (Å²) >= 11 is 1.51. The average Bonchev–Trinajstić information content (AvgIpc) is 3.20. The Morgan fingerprint density at radius 2 is 1.93 bits per heavy atom. The van der Waals surface area contributed by atoms with E-state index in [2.05, 4.69) is 21.3 Å². The molecule has 2 heterocycles. The summed E-state index contributed by atoms with van der Waals surface area (Å²) in [5.41, 5.74) is 3.39. The molecule has 1 fully saturated rings. The number of nitrogens with one attached hydrogen (secondary N) is 1. The first-order chi connectivity index (χ1) is 14.2. The average molecular weight is 409 g/mol. The summed E-state index contributed by atoms with van der Waals surface area (Å²) in [4.78, 5) is 19.8. The van der Waals surface area contributed by atoms with Crippen molar-refractivity contribution in [3.63, 3.8) is 0 Å². The Bertz CT molecular complexity index is 968. The molecule has 29 heavy (non-hydrogen) atoms. The number of nitrogens with zero attached hydrogens (tertiary/aromatic N) is 3. The van der Waals surface area contributed by atoms with Crippen LogP contribution in [-0.4, -0.2) is 52.9 Å². The molecule has 0 radical (unpaired) electrons. The molecule has 0 spiro atoms. The van der Waals surface area contributed by atoms with Gasteiger partial charge in [0, 0.05) is 31.0 Å². The lowest BCUT2D eigenvalue weighted by Gasteiger charge is -2.26. The minimum atomic E-state index is -0.176. The summed E-state index contributed by atoms with van der Waals surface area (Å²) in [5, 5.41) is 3.81. The molecule has 0 aliphatic carbocycles. The highest BCUT2D eigenvalue weighted by Gasteiger charge is 2.18. The topological polar surface area (TPSA) is 59.4 Å². The van der Waals surface area contributed by atoms with Crippen LogP contribution >= 0.6 is 11.8 Å². The van der Waals surface area contributed by atoms with Crippen molar-refractivity contribution < 1.29 is 9.53 Å². The first-order valence-corrected chi connectivity index (χ1v) is 10.8. The van der Waals surface area contributed by atoms with Crippen molar-refractivity contribution in [3.8, 4) is 5.69 Å². The highest BCUT2D eigenvalue weighted by Crippen LogP contribution is 2.23. The molecular formula is C22H24N4O2S. The van der Waals surface area contributed by atoms with Gasteiger partial charge in [0.1, 0.15) is 5.69 Å². The van der Waals surface area contributed by atoms with Crippen LogP contribution in [-0.2, 0) is 11.3 Å². The number of hydrogen-bond donors (Lipinski definition) is 1. The molecule has 0 atom stereocenters. The summed E-state index contributed by atoms with van der Waals surface area (Å²) in [6.45, 7) is 4.27. The third kappa shape index (κ3) is 4.70. The van der Waals surface area contributed by atoms with Crippen molar-refractivity contribution in [3.05, 3.63) is 72.1 Å². The van der Waals surface area contributed by atoms with Crippen LogP contribution in [0.2, 0.25) is 0 Å². The molecule has 1 N–H and O–H groups in total. The van der Waals surface area contributed by atoms with Gasteiger partial charge in [-0.25, -0.2) is 4.98 Å². The highest BCUT2D eigenvalue weighted by molar-refractivity contribution is 7.98. The molecule has 3 aromatic rings. The van der Waals surface area contributed by atoms with Gasteiger partial charge in [0.2, 0.25) is 0 Å². The van der Waals surface area contributed by atoms with Crippen LogP contribution < -0.4 is 5.32 Å². The van der Waals surface area contributed by atoms with Crippen molar-refractivity contribution in [2.24, 2.45) is 0 Å². The van der Waals surface area contributed by atoms with Crippen LogP contribution in [0.3, 0.4) is 0 Å². The van der Waals surface area contributed by atoms with E-state index in [1.54, 1.807) is 6.20 Å². The van der Waals surface area contributed by atoms with E-state index in [1.807, 2.05) is 59.4 Å². The Hall–Kier alpha value is -2.61. The Labute approximate surface area is 174 Å². The van der Waals surface area contributed by atoms with Crippen LogP contribution in [0.25, 0.3) is 5.69 Å². The van der Waals surface area contributed by atoms with E-state index >= 15 is 0 Å². The van der Waals surface area contributed by atoms with E-state index in [9.17, 15) is 4.79 Å². The molecule has 0 saturated carbocycles. The van der Waals surface area contributed by atoms with Crippen LogP contribution in [0, 0.1) is 0 Å². The van der Waals surface area contributed by atoms with Gasteiger partial charge >= 0.3 is 0 Å². The Kier molecular flexibility index (Phi) is 6.29. The number of benzene rings is 2. The van der Waals surface area contributed by atoms with Gasteiger partial charge < -0.3 is 10.1 Å². The minimum absolute atomic E-state index is 0.176. The van der Waals surface area contributed by atoms with Crippen molar-refractivity contribution in [2.75, 3.05) is 37.9 Å². The Morgan fingerprint density at radius 1 is 1.14 bits per heavy atom. The zero-order valence-corrected chi connectivity index (χ0v) is 17.2. The second-order valence-corrected chi connectivity index (χ2v) is 7.62. The number of para-hydroxylation sites is 1. The number of aromatic nitrogens is 2. The summed E-state index contributed by atoms with van der Waals surface area (Å²) in [7, 11) is 0. The van der Waals surface area contributed by atoms with Gasteiger partial charge in [-0.05, 0) is 36.1 Å². The molecule has 0 bridgehead atoms. The molecule has 1 aromatic heterocycles. The van der Waals surface area contributed by atoms with Gasteiger partial charge in [0.25, 0.3) is 5.91 Å². The maximum atomic E-state index is 13.0. The maximum absolute atomic E-state index is 13.0.